The first kappa shape index (κ1) is 19.7. The van der Waals surface area contributed by atoms with E-state index >= 15 is 0 Å². The van der Waals surface area contributed by atoms with Crippen molar-refractivity contribution in [1.29, 1.82) is 5.26 Å². The summed E-state index contributed by atoms with van der Waals surface area (Å²) in [6.45, 7) is 1.06. The Hall–Kier alpha value is -4.06. The van der Waals surface area contributed by atoms with Crippen molar-refractivity contribution in [2.75, 3.05) is 18.7 Å². The van der Waals surface area contributed by atoms with Gasteiger partial charge in [0, 0.05) is 5.56 Å². The Bertz CT molecular complexity index is 998. The van der Waals surface area contributed by atoms with Gasteiger partial charge in [-0.25, -0.2) is 0 Å². The lowest BCUT2D eigenvalue weighted by Crippen LogP contribution is -2.35. The number of nitriles is 1. The normalized spacial score (nSPS) is 12.4. The van der Waals surface area contributed by atoms with Crippen LogP contribution in [0, 0.1) is 11.3 Å². The molecule has 2 aromatic rings. The van der Waals surface area contributed by atoms with E-state index in [0.717, 1.165) is 0 Å². The Balaban J connectivity index is 1.49. The standard InChI is InChI=1S/C20H17N3O6/c1-12(19(25)23-15-5-3-2-4-14(15)9-21)29-18(24)10-22-20(26)13-6-7-16-17(8-13)28-11-27-16/h2-8,12H,10-11H2,1H3,(H,22,26)(H,23,25)/t12-/m0/s1. The SMILES string of the molecule is C[C@H](OC(=O)CNC(=O)c1ccc2c(c1)OCO2)C(=O)Nc1ccccc1C#N. The highest BCUT2D eigenvalue weighted by Crippen LogP contribution is 2.32. The van der Waals surface area contributed by atoms with Crippen molar-refractivity contribution in [3.05, 3.63) is 53.6 Å². The molecule has 148 valence electrons. The van der Waals surface area contributed by atoms with Gasteiger partial charge >= 0.3 is 5.97 Å². The summed E-state index contributed by atoms with van der Waals surface area (Å²) in [4.78, 5) is 36.3. The molecule has 0 spiro atoms. The highest BCUT2D eigenvalue weighted by Gasteiger charge is 2.20. The Kier molecular flexibility index (Phi) is 5.94. The van der Waals surface area contributed by atoms with Crippen molar-refractivity contribution in [3.63, 3.8) is 0 Å². The molecule has 9 nitrogen and oxygen atoms in total. The van der Waals surface area contributed by atoms with Crippen LogP contribution in [0.1, 0.15) is 22.8 Å². The van der Waals surface area contributed by atoms with Crippen molar-refractivity contribution in [3.8, 4) is 17.6 Å². The number of carbonyl (C=O) groups excluding carboxylic acids is 3. The molecule has 0 unspecified atom stereocenters. The average Bonchev–Trinajstić information content (AvgIpc) is 3.20. The molecule has 1 heterocycles. The second kappa shape index (κ2) is 8.75. The minimum absolute atomic E-state index is 0.0888. The smallest absolute Gasteiger partial charge is 0.326 e. The maximum absolute atomic E-state index is 12.2. The lowest BCUT2D eigenvalue weighted by molar-refractivity contribution is -0.152. The van der Waals surface area contributed by atoms with Gasteiger partial charge in [-0.15, -0.1) is 0 Å². The number of esters is 1. The van der Waals surface area contributed by atoms with Crippen LogP contribution in [0.15, 0.2) is 42.5 Å². The quantitative estimate of drug-likeness (QED) is 0.711. The van der Waals surface area contributed by atoms with Crippen LogP contribution in [-0.4, -0.2) is 37.2 Å². The van der Waals surface area contributed by atoms with Crippen LogP contribution in [-0.2, 0) is 14.3 Å². The largest absolute Gasteiger partial charge is 0.454 e. The number of fused-ring (bicyclic) bond motifs is 1. The molecule has 9 heteroatoms. The van der Waals surface area contributed by atoms with Crippen molar-refractivity contribution in [1.82, 2.24) is 5.32 Å². The van der Waals surface area contributed by atoms with E-state index < -0.39 is 30.4 Å². The molecular formula is C20H17N3O6. The first-order valence-electron chi connectivity index (χ1n) is 8.65. The van der Waals surface area contributed by atoms with Crippen molar-refractivity contribution in [2.45, 2.75) is 13.0 Å². The van der Waals surface area contributed by atoms with Crippen molar-refractivity contribution in [2.24, 2.45) is 0 Å². The van der Waals surface area contributed by atoms with Gasteiger partial charge in [-0.05, 0) is 37.3 Å². The minimum atomic E-state index is -1.11. The molecule has 1 aliphatic heterocycles. The molecule has 2 amide bonds. The molecule has 0 aliphatic carbocycles. The van der Waals surface area contributed by atoms with E-state index in [1.807, 2.05) is 6.07 Å². The van der Waals surface area contributed by atoms with Crippen molar-refractivity contribution >= 4 is 23.5 Å². The lowest BCUT2D eigenvalue weighted by atomic mass is 10.2. The van der Waals surface area contributed by atoms with Gasteiger partial charge in [0.05, 0.1) is 11.3 Å². The van der Waals surface area contributed by atoms with Gasteiger partial charge in [0.2, 0.25) is 6.79 Å². The van der Waals surface area contributed by atoms with E-state index in [1.165, 1.54) is 19.1 Å². The summed E-state index contributed by atoms with van der Waals surface area (Å²) in [6, 6.07) is 13.1. The highest BCUT2D eigenvalue weighted by atomic mass is 16.7. The molecule has 0 saturated carbocycles. The van der Waals surface area contributed by atoms with E-state index in [4.69, 9.17) is 19.5 Å². The lowest BCUT2D eigenvalue weighted by Gasteiger charge is -2.14. The number of rotatable bonds is 6. The Labute approximate surface area is 166 Å². The van der Waals surface area contributed by atoms with Crippen LogP contribution in [0.5, 0.6) is 11.5 Å². The third kappa shape index (κ3) is 4.81. The van der Waals surface area contributed by atoms with Gasteiger partial charge in [-0.1, -0.05) is 12.1 Å². The van der Waals surface area contributed by atoms with Crippen LogP contribution in [0.3, 0.4) is 0 Å². The number of hydrogen-bond donors (Lipinski definition) is 2. The number of para-hydroxylation sites is 1. The predicted molar refractivity (Wildman–Crippen MR) is 100 cm³/mol. The third-order valence-electron chi connectivity index (χ3n) is 4.01. The highest BCUT2D eigenvalue weighted by molar-refractivity contribution is 5.98. The minimum Gasteiger partial charge on any atom is -0.454 e. The maximum atomic E-state index is 12.2. The number of anilines is 1. The maximum Gasteiger partial charge on any atom is 0.326 e. The molecule has 0 saturated heterocycles. The van der Waals surface area contributed by atoms with E-state index in [-0.39, 0.29) is 12.4 Å². The first-order chi connectivity index (χ1) is 14.0. The van der Waals surface area contributed by atoms with Gasteiger partial charge < -0.3 is 24.8 Å². The monoisotopic (exact) mass is 395 g/mol. The summed E-state index contributed by atoms with van der Waals surface area (Å²) in [5, 5.41) is 14.0. The van der Waals surface area contributed by atoms with Gasteiger partial charge in [0.25, 0.3) is 11.8 Å². The topological polar surface area (TPSA) is 127 Å². The van der Waals surface area contributed by atoms with Crippen molar-refractivity contribution < 1.29 is 28.6 Å². The molecule has 1 aliphatic rings. The van der Waals surface area contributed by atoms with E-state index in [1.54, 1.807) is 30.3 Å². The summed E-state index contributed by atoms with van der Waals surface area (Å²) in [6.07, 6.45) is -1.11. The molecular weight excluding hydrogens is 378 g/mol. The zero-order valence-corrected chi connectivity index (χ0v) is 15.4. The number of amides is 2. The summed E-state index contributed by atoms with van der Waals surface area (Å²) >= 11 is 0. The molecule has 0 bridgehead atoms. The molecule has 0 fully saturated rings. The van der Waals surface area contributed by atoms with E-state index in [9.17, 15) is 14.4 Å². The summed E-state index contributed by atoms with van der Waals surface area (Å²) < 4.78 is 15.4. The molecule has 3 rings (SSSR count). The summed E-state index contributed by atoms with van der Waals surface area (Å²) in [5.74, 6) is -0.888. The second-order valence-corrected chi connectivity index (χ2v) is 6.03. The van der Waals surface area contributed by atoms with Gasteiger partial charge in [-0.2, -0.15) is 5.26 Å². The van der Waals surface area contributed by atoms with Crippen LogP contribution >= 0.6 is 0 Å². The fraction of sp³-hybridized carbons (Fsp3) is 0.200. The average molecular weight is 395 g/mol. The molecule has 1 atom stereocenters. The number of ether oxygens (including phenoxy) is 3. The molecule has 0 aromatic heterocycles. The summed E-state index contributed by atoms with van der Waals surface area (Å²) in [5.41, 5.74) is 0.898. The number of carbonyl (C=O) groups is 3. The number of nitrogens with one attached hydrogen (secondary N) is 2. The van der Waals surface area contributed by atoms with E-state index in [2.05, 4.69) is 10.6 Å². The van der Waals surface area contributed by atoms with Gasteiger partial charge in [0.1, 0.15) is 12.6 Å². The van der Waals surface area contributed by atoms with Crippen LogP contribution in [0.25, 0.3) is 0 Å². The van der Waals surface area contributed by atoms with Gasteiger partial charge in [0.15, 0.2) is 17.6 Å². The zero-order valence-electron chi connectivity index (χ0n) is 15.4. The molecule has 2 aromatic carbocycles. The third-order valence-corrected chi connectivity index (χ3v) is 4.01. The fourth-order valence-electron chi connectivity index (χ4n) is 2.51. The number of nitrogens with zero attached hydrogens (tertiary/aromatic N) is 1. The van der Waals surface area contributed by atoms with Crippen LogP contribution in [0.2, 0.25) is 0 Å². The van der Waals surface area contributed by atoms with Gasteiger partial charge in [-0.3, -0.25) is 14.4 Å². The zero-order chi connectivity index (χ0) is 20.8. The van der Waals surface area contributed by atoms with E-state index in [0.29, 0.717) is 22.7 Å². The van der Waals surface area contributed by atoms with Crippen LogP contribution in [0.4, 0.5) is 5.69 Å². The second-order valence-electron chi connectivity index (χ2n) is 6.03. The molecule has 2 N–H and O–H groups in total. The molecule has 29 heavy (non-hydrogen) atoms. The Morgan fingerprint density at radius 2 is 1.93 bits per heavy atom. The Morgan fingerprint density at radius 3 is 2.72 bits per heavy atom. The number of benzene rings is 2. The molecule has 0 radical (unpaired) electrons. The van der Waals surface area contributed by atoms with Crippen LogP contribution < -0.4 is 20.1 Å². The predicted octanol–water partition coefficient (Wildman–Crippen LogP) is 1.59. The number of hydrogen-bond acceptors (Lipinski definition) is 7. The Morgan fingerprint density at radius 1 is 1.17 bits per heavy atom. The summed E-state index contributed by atoms with van der Waals surface area (Å²) in [7, 11) is 0. The first-order valence-corrected chi connectivity index (χ1v) is 8.65. The fourth-order valence-corrected chi connectivity index (χ4v) is 2.51.